The monoisotopic (exact) mass is 331 g/mol. The van der Waals surface area contributed by atoms with E-state index in [1.165, 1.54) is 22.5 Å². The summed E-state index contributed by atoms with van der Waals surface area (Å²) in [5.41, 5.74) is 2.18. The van der Waals surface area contributed by atoms with Gasteiger partial charge >= 0.3 is 0 Å². The summed E-state index contributed by atoms with van der Waals surface area (Å²) >= 11 is 7.39. The molecule has 0 unspecified atom stereocenters. The summed E-state index contributed by atoms with van der Waals surface area (Å²) < 4.78 is 1.25. The van der Waals surface area contributed by atoms with Gasteiger partial charge in [0.05, 0.1) is 16.3 Å². The number of nitrogens with one attached hydrogen (secondary N) is 1. The smallest absolute Gasteiger partial charge is 0.169 e. The lowest BCUT2D eigenvalue weighted by molar-refractivity contribution is 0.242. The molecule has 0 bridgehead atoms. The Morgan fingerprint density at radius 2 is 2.27 bits per heavy atom. The predicted octanol–water partition coefficient (Wildman–Crippen LogP) is 4.27. The van der Waals surface area contributed by atoms with Crippen molar-refractivity contribution >= 4 is 38.9 Å². The summed E-state index contributed by atoms with van der Waals surface area (Å²) in [6, 6.07) is 8.64. The highest BCUT2D eigenvalue weighted by Crippen LogP contribution is 2.35. The van der Waals surface area contributed by atoms with E-state index in [4.69, 9.17) is 17.2 Å². The quantitative estimate of drug-likeness (QED) is 0.671. The standard InChI is InChI=1S/C17H21N3S2/c1-12(2)11-18-17(21)20-10-6-5-8-14(20)16-19-13-7-3-4-9-15(13)22-16/h3-4,7,9,14H,1,5-6,8,10-11H2,2H3,(H,18,21)/t14-/m1/s1. The van der Waals surface area contributed by atoms with Gasteiger partial charge in [-0.15, -0.1) is 11.3 Å². The van der Waals surface area contributed by atoms with Gasteiger partial charge in [0.15, 0.2) is 5.11 Å². The average Bonchev–Trinajstić information content (AvgIpc) is 2.96. The van der Waals surface area contributed by atoms with Gasteiger partial charge in [0, 0.05) is 13.1 Å². The normalized spacial score (nSPS) is 18.4. The van der Waals surface area contributed by atoms with E-state index in [2.05, 4.69) is 35.0 Å². The summed E-state index contributed by atoms with van der Waals surface area (Å²) in [4.78, 5) is 7.14. The number of rotatable bonds is 3. The average molecular weight is 332 g/mol. The minimum atomic E-state index is 0.302. The molecule has 1 saturated heterocycles. The van der Waals surface area contributed by atoms with E-state index in [0.29, 0.717) is 6.04 Å². The Bertz CT molecular complexity index is 659. The van der Waals surface area contributed by atoms with Crippen LogP contribution in [0.15, 0.2) is 36.4 Å². The molecule has 22 heavy (non-hydrogen) atoms. The van der Waals surface area contributed by atoms with Crippen LogP contribution in [0.4, 0.5) is 0 Å². The van der Waals surface area contributed by atoms with Crippen molar-refractivity contribution in [1.82, 2.24) is 15.2 Å². The number of nitrogens with zero attached hydrogens (tertiary/aromatic N) is 2. The maximum atomic E-state index is 5.60. The maximum absolute atomic E-state index is 5.60. The van der Waals surface area contributed by atoms with Crippen LogP contribution in [0.5, 0.6) is 0 Å². The number of para-hydroxylation sites is 1. The van der Waals surface area contributed by atoms with Crippen molar-refractivity contribution in [3.05, 3.63) is 41.4 Å². The summed E-state index contributed by atoms with van der Waals surface area (Å²) in [7, 11) is 0. The van der Waals surface area contributed by atoms with Gasteiger partial charge < -0.3 is 10.2 Å². The van der Waals surface area contributed by atoms with Crippen molar-refractivity contribution in [3.8, 4) is 0 Å². The number of thiocarbonyl (C=S) groups is 1. The van der Waals surface area contributed by atoms with Gasteiger partial charge in [-0.1, -0.05) is 24.3 Å². The van der Waals surface area contributed by atoms with Crippen LogP contribution in [-0.2, 0) is 0 Å². The van der Waals surface area contributed by atoms with Crippen molar-refractivity contribution in [2.24, 2.45) is 0 Å². The van der Waals surface area contributed by atoms with E-state index in [-0.39, 0.29) is 0 Å². The van der Waals surface area contributed by atoms with Gasteiger partial charge in [0.1, 0.15) is 5.01 Å². The van der Waals surface area contributed by atoms with E-state index in [0.717, 1.165) is 35.7 Å². The fourth-order valence-corrected chi connectivity index (χ4v) is 4.20. The molecule has 1 aromatic carbocycles. The number of hydrogen-bond acceptors (Lipinski definition) is 3. The molecule has 1 N–H and O–H groups in total. The minimum Gasteiger partial charge on any atom is -0.359 e. The Hall–Kier alpha value is -1.46. The molecule has 2 heterocycles. The number of thiazole rings is 1. The number of fused-ring (bicyclic) bond motifs is 1. The van der Waals surface area contributed by atoms with Crippen molar-refractivity contribution < 1.29 is 0 Å². The second-order valence-corrected chi connectivity index (χ2v) is 7.29. The Balaban J connectivity index is 1.82. The molecule has 0 saturated carbocycles. The first-order chi connectivity index (χ1) is 10.6. The summed E-state index contributed by atoms with van der Waals surface area (Å²) in [5, 5.41) is 5.33. The predicted molar refractivity (Wildman–Crippen MR) is 98.3 cm³/mol. The Kier molecular flexibility index (Phi) is 4.74. The first-order valence-corrected chi connectivity index (χ1v) is 8.92. The van der Waals surface area contributed by atoms with Crippen LogP contribution in [0.1, 0.15) is 37.2 Å². The molecule has 3 nitrogen and oxygen atoms in total. The van der Waals surface area contributed by atoms with Crippen molar-refractivity contribution in [2.75, 3.05) is 13.1 Å². The highest BCUT2D eigenvalue weighted by Gasteiger charge is 2.28. The zero-order chi connectivity index (χ0) is 15.5. The number of benzene rings is 1. The zero-order valence-corrected chi connectivity index (χ0v) is 14.5. The molecule has 5 heteroatoms. The van der Waals surface area contributed by atoms with Gasteiger partial charge in [-0.2, -0.15) is 0 Å². The Morgan fingerprint density at radius 3 is 3.05 bits per heavy atom. The lowest BCUT2D eigenvalue weighted by Crippen LogP contribution is -2.44. The largest absolute Gasteiger partial charge is 0.359 e. The van der Waals surface area contributed by atoms with Gasteiger partial charge in [-0.3, -0.25) is 0 Å². The molecule has 0 spiro atoms. The van der Waals surface area contributed by atoms with Crippen molar-refractivity contribution in [1.29, 1.82) is 0 Å². The SMILES string of the molecule is C=C(C)CNC(=S)N1CCCC[C@@H]1c1nc2ccccc2s1. The third kappa shape index (κ3) is 3.31. The summed E-state index contributed by atoms with van der Waals surface area (Å²) in [5.74, 6) is 0. The zero-order valence-electron chi connectivity index (χ0n) is 12.8. The Labute approximate surface area is 141 Å². The van der Waals surface area contributed by atoms with Crippen LogP contribution in [0.25, 0.3) is 10.2 Å². The molecule has 1 fully saturated rings. The van der Waals surface area contributed by atoms with Gasteiger partial charge in [0.2, 0.25) is 0 Å². The molecule has 1 aromatic heterocycles. The minimum absolute atomic E-state index is 0.302. The molecule has 116 valence electrons. The molecule has 1 aliphatic rings. The van der Waals surface area contributed by atoms with Gasteiger partial charge in [-0.25, -0.2) is 4.98 Å². The molecular formula is C17H21N3S2. The van der Waals surface area contributed by atoms with E-state index in [1.54, 1.807) is 11.3 Å². The Morgan fingerprint density at radius 1 is 1.45 bits per heavy atom. The summed E-state index contributed by atoms with van der Waals surface area (Å²) in [6.07, 6.45) is 3.55. The van der Waals surface area contributed by atoms with E-state index in [1.807, 2.05) is 13.0 Å². The second-order valence-electron chi connectivity index (χ2n) is 5.84. The van der Waals surface area contributed by atoms with Crippen LogP contribution >= 0.6 is 23.6 Å². The lowest BCUT2D eigenvalue weighted by Gasteiger charge is -2.36. The fourth-order valence-electron chi connectivity index (χ4n) is 2.79. The van der Waals surface area contributed by atoms with Crippen LogP contribution < -0.4 is 5.32 Å². The lowest BCUT2D eigenvalue weighted by atomic mass is 10.0. The van der Waals surface area contributed by atoms with Crippen molar-refractivity contribution in [3.63, 3.8) is 0 Å². The highest BCUT2D eigenvalue weighted by molar-refractivity contribution is 7.80. The first-order valence-electron chi connectivity index (χ1n) is 7.69. The van der Waals surface area contributed by atoms with Crippen LogP contribution in [-0.4, -0.2) is 28.1 Å². The third-order valence-corrected chi connectivity index (χ3v) is 5.42. The van der Waals surface area contributed by atoms with E-state index in [9.17, 15) is 0 Å². The third-order valence-electron chi connectivity index (χ3n) is 3.90. The molecule has 1 atom stereocenters. The molecule has 2 aromatic rings. The molecule has 0 amide bonds. The topological polar surface area (TPSA) is 28.2 Å². The number of aromatic nitrogens is 1. The molecule has 3 rings (SSSR count). The summed E-state index contributed by atoms with van der Waals surface area (Å²) in [6.45, 7) is 7.68. The van der Waals surface area contributed by atoms with Crippen LogP contribution in [0.3, 0.4) is 0 Å². The first kappa shape index (κ1) is 15.4. The maximum Gasteiger partial charge on any atom is 0.169 e. The molecule has 0 radical (unpaired) electrons. The van der Waals surface area contributed by atoms with Crippen molar-refractivity contribution in [2.45, 2.75) is 32.2 Å². The molecular weight excluding hydrogens is 310 g/mol. The highest BCUT2D eigenvalue weighted by atomic mass is 32.1. The number of piperidine rings is 1. The molecule has 0 aliphatic carbocycles. The second kappa shape index (κ2) is 6.75. The van der Waals surface area contributed by atoms with Crippen LogP contribution in [0, 0.1) is 0 Å². The van der Waals surface area contributed by atoms with Gasteiger partial charge in [-0.05, 0) is 50.5 Å². The fraction of sp³-hybridized carbons (Fsp3) is 0.412. The number of likely N-dealkylation sites (tertiary alicyclic amines) is 1. The van der Waals surface area contributed by atoms with E-state index >= 15 is 0 Å². The molecule has 1 aliphatic heterocycles. The number of hydrogen-bond donors (Lipinski definition) is 1. The van der Waals surface area contributed by atoms with Crippen LogP contribution in [0.2, 0.25) is 0 Å². The van der Waals surface area contributed by atoms with Gasteiger partial charge in [0.25, 0.3) is 0 Å². The van der Waals surface area contributed by atoms with E-state index < -0.39 is 0 Å².